The van der Waals surface area contributed by atoms with Gasteiger partial charge >= 0.3 is 6.18 Å². The van der Waals surface area contributed by atoms with Gasteiger partial charge < -0.3 is 4.57 Å². The van der Waals surface area contributed by atoms with E-state index in [9.17, 15) is 21.6 Å². The third kappa shape index (κ3) is 3.74. The molecule has 0 saturated heterocycles. The summed E-state index contributed by atoms with van der Waals surface area (Å²) in [6, 6.07) is 3.60. The van der Waals surface area contributed by atoms with Crippen LogP contribution in [0, 0.1) is 0 Å². The van der Waals surface area contributed by atoms with Gasteiger partial charge in [0.1, 0.15) is 17.5 Å². The van der Waals surface area contributed by atoms with E-state index in [4.69, 9.17) is 11.6 Å². The van der Waals surface area contributed by atoms with Gasteiger partial charge in [-0.15, -0.1) is 5.10 Å². The second-order valence-corrected chi connectivity index (χ2v) is 9.02. The number of sulfone groups is 1. The molecule has 31 heavy (non-hydrogen) atoms. The molecule has 14 heteroatoms. The number of imidazole rings is 1. The molecule has 0 aliphatic heterocycles. The minimum absolute atomic E-state index is 0.0295. The molecule has 0 N–H and O–H groups in total. The van der Waals surface area contributed by atoms with E-state index in [2.05, 4.69) is 25.0 Å². The van der Waals surface area contributed by atoms with Crippen molar-refractivity contribution in [3.8, 4) is 17.3 Å². The van der Waals surface area contributed by atoms with Crippen molar-refractivity contribution < 1.29 is 21.6 Å². The smallest absolute Gasteiger partial charge is 0.310 e. The lowest BCUT2D eigenvalue weighted by Crippen LogP contribution is -2.11. The molecule has 4 heterocycles. The lowest BCUT2D eigenvalue weighted by molar-refractivity contribution is -0.137. The first-order chi connectivity index (χ1) is 14.5. The molecule has 0 aliphatic carbocycles. The van der Waals surface area contributed by atoms with Crippen molar-refractivity contribution in [3.05, 3.63) is 41.6 Å². The van der Waals surface area contributed by atoms with Crippen LogP contribution in [0.2, 0.25) is 5.28 Å². The van der Waals surface area contributed by atoms with Crippen molar-refractivity contribution in [1.82, 2.24) is 34.3 Å². The van der Waals surface area contributed by atoms with Crippen molar-refractivity contribution in [2.45, 2.75) is 18.0 Å². The summed E-state index contributed by atoms with van der Waals surface area (Å²) in [5.74, 6) is 0.0127. The van der Waals surface area contributed by atoms with Gasteiger partial charge in [-0.3, -0.25) is 0 Å². The largest absolute Gasteiger partial charge is 0.417 e. The summed E-state index contributed by atoms with van der Waals surface area (Å²) in [6.45, 7) is 1.47. The maximum absolute atomic E-state index is 13.1. The fraction of sp³-hybridized carbons (Fsp3) is 0.235. The summed E-state index contributed by atoms with van der Waals surface area (Å²) in [7, 11) is -2.24. The number of hydrogen-bond donors (Lipinski definition) is 0. The summed E-state index contributed by atoms with van der Waals surface area (Å²) in [4.78, 5) is 16.1. The van der Waals surface area contributed by atoms with Crippen LogP contribution >= 0.6 is 11.6 Å². The highest BCUT2D eigenvalue weighted by molar-refractivity contribution is 7.91. The van der Waals surface area contributed by atoms with E-state index in [0.717, 1.165) is 6.07 Å². The number of aromatic nitrogens is 7. The zero-order valence-corrected chi connectivity index (χ0v) is 17.5. The quantitative estimate of drug-likeness (QED) is 0.450. The maximum Gasteiger partial charge on any atom is 0.417 e. The number of alkyl halides is 3. The third-order valence-electron chi connectivity index (χ3n) is 4.51. The molecule has 0 amide bonds. The number of aryl methyl sites for hydroxylation is 1. The highest BCUT2D eigenvalue weighted by Crippen LogP contribution is 2.33. The maximum atomic E-state index is 13.1. The van der Waals surface area contributed by atoms with E-state index in [-0.39, 0.29) is 44.4 Å². The molecule has 9 nitrogen and oxygen atoms in total. The van der Waals surface area contributed by atoms with E-state index in [0.29, 0.717) is 6.20 Å². The Morgan fingerprint density at radius 3 is 2.52 bits per heavy atom. The van der Waals surface area contributed by atoms with E-state index in [1.165, 1.54) is 41.7 Å². The molecular weight excluding hydrogens is 459 g/mol. The second kappa shape index (κ2) is 7.27. The van der Waals surface area contributed by atoms with Gasteiger partial charge in [0.05, 0.1) is 16.2 Å². The van der Waals surface area contributed by atoms with Crippen LogP contribution in [0.3, 0.4) is 0 Å². The molecule has 0 aromatic carbocycles. The van der Waals surface area contributed by atoms with Crippen LogP contribution in [0.5, 0.6) is 0 Å². The molecule has 0 bridgehead atoms. The van der Waals surface area contributed by atoms with Gasteiger partial charge in [0.25, 0.3) is 0 Å². The monoisotopic (exact) mass is 471 g/mol. The SMILES string of the molecule is CCS(=O)(=O)c1ccc(-n2cnc(Cl)n2)nc1-c1nc2cc(C(F)(F)F)cnc2n1C. The molecule has 0 unspecified atom stereocenters. The van der Waals surface area contributed by atoms with Crippen molar-refractivity contribution >= 4 is 32.6 Å². The number of halogens is 4. The minimum Gasteiger partial charge on any atom is -0.310 e. The lowest BCUT2D eigenvalue weighted by Gasteiger charge is -2.10. The number of fused-ring (bicyclic) bond motifs is 1. The zero-order chi connectivity index (χ0) is 22.6. The Bertz CT molecular complexity index is 1410. The van der Waals surface area contributed by atoms with Gasteiger partial charge in [-0.1, -0.05) is 6.92 Å². The van der Waals surface area contributed by atoms with Crippen LogP contribution < -0.4 is 0 Å². The zero-order valence-electron chi connectivity index (χ0n) is 16.0. The van der Waals surface area contributed by atoms with Crippen molar-refractivity contribution in [1.29, 1.82) is 0 Å². The number of nitrogens with zero attached hydrogens (tertiary/aromatic N) is 7. The van der Waals surface area contributed by atoms with Crippen LogP contribution in [0.1, 0.15) is 12.5 Å². The van der Waals surface area contributed by atoms with E-state index in [1.54, 1.807) is 0 Å². The van der Waals surface area contributed by atoms with E-state index < -0.39 is 21.6 Å². The summed E-state index contributed by atoms with van der Waals surface area (Å²) >= 11 is 5.74. The number of hydrogen-bond acceptors (Lipinski definition) is 7. The highest BCUT2D eigenvalue weighted by Gasteiger charge is 2.32. The average molecular weight is 472 g/mol. The molecule has 0 atom stereocenters. The first kappa shape index (κ1) is 21.2. The van der Waals surface area contributed by atoms with Gasteiger partial charge in [-0.2, -0.15) is 13.2 Å². The predicted molar refractivity (Wildman–Crippen MR) is 104 cm³/mol. The molecule has 0 aliphatic rings. The van der Waals surface area contributed by atoms with E-state index >= 15 is 0 Å². The first-order valence-corrected chi connectivity index (χ1v) is 10.8. The highest BCUT2D eigenvalue weighted by atomic mass is 35.5. The summed E-state index contributed by atoms with van der Waals surface area (Å²) in [6.07, 6.45) is -2.62. The van der Waals surface area contributed by atoms with E-state index in [1.807, 2.05) is 0 Å². The Hall–Kier alpha value is -3.06. The Kier molecular flexibility index (Phi) is 4.97. The van der Waals surface area contributed by atoms with Crippen molar-refractivity contribution in [2.75, 3.05) is 5.75 Å². The molecule has 0 radical (unpaired) electrons. The minimum atomic E-state index is -4.60. The molecule has 0 saturated carbocycles. The standard InChI is InChI=1S/C17H13ClF3N7O2S/c1-3-31(29,30)11-4-5-12(28-8-23-16(18)26-28)25-13(11)15-24-10-6-9(17(19,20)21)7-22-14(10)27(15)2/h4-8H,3H2,1-2H3. The normalized spacial score (nSPS) is 12.6. The summed E-state index contributed by atoms with van der Waals surface area (Å²) < 4.78 is 67.1. The van der Waals surface area contributed by atoms with Crippen LogP contribution in [-0.4, -0.2) is 48.5 Å². The third-order valence-corrected chi connectivity index (χ3v) is 6.44. The fourth-order valence-corrected chi connectivity index (χ4v) is 4.07. The Morgan fingerprint density at radius 2 is 1.90 bits per heavy atom. The predicted octanol–water partition coefficient (Wildman–Crippen LogP) is 3.08. The molecule has 0 fully saturated rings. The topological polar surface area (TPSA) is 108 Å². The van der Waals surface area contributed by atoms with Crippen molar-refractivity contribution in [2.24, 2.45) is 7.05 Å². The molecule has 4 rings (SSSR count). The molecular formula is C17H13ClF3N7O2S. The van der Waals surface area contributed by atoms with Gasteiger partial charge in [-0.05, 0) is 29.8 Å². The number of rotatable bonds is 4. The van der Waals surface area contributed by atoms with Gasteiger partial charge in [0.15, 0.2) is 27.1 Å². The molecule has 162 valence electrons. The Balaban J connectivity index is 1.99. The Labute approximate surface area is 178 Å². The van der Waals surface area contributed by atoms with Gasteiger partial charge in [0, 0.05) is 13.2 Å². The van der Waals surface area contributed by atoms with Crippen LogP contribution in [0.25, 0.3) is 28.5 Å². The van der Waals surface area contributed by atoms with Gasteiger partial charge in [0.2, 0.25) is 5.28 Å². The van der Waals surface area contributed by atoms with Crippen molar-refractivity contribution in [3.63, 3.8) is 0 Å². The number of pyridine rings is 2. The van der Waals surface area contributed by atoms with Gasteiger partial charge in [-0.25, -0.2) is 33.0 Å². The average Bonchev–Trinajstić information content (AvgIpc) is 3.30. The first-order valence-electron chi connectivity index (χ1n) is 8.72. The fourth-order valence-electron chi connectivity index (χ4n) is 2.93. The van der Waals surface area contributed by atoms with Crippen LogP contribution in [0.4, 0.5) is 13.2 Å². The van der Waals surface area contributed by atoms with Crippen LogP contribution in [-0.2, 0) is 23.1 Å². The lowest BCUT2D eigenvalue weighted by atomic mass is 10.2. The second-order valence-electron chi connectivity index (χ2n) is 6.44. The Morgan fingerprint density at radius 1 is 1.16 bits per heavy atom. The molecule has 0 spiro atoms. The van der Waals surface area contributed by atoms with Crippen LogP contribution in [0.15, 0.2) is 35.6 Å². The molecule has 4 aromatic heterocycles. The summed E-state index contributed by atoms with van der Waals surface area (Å²) in [5, 5.41) is 3.88. The summed E-state index contributed by atoms with van der Waals surface area (Å²) in [5.41, 5.74) is -0.938. The molecule has 4 aromatic rings.